The van der Waals surface area contributed by atoms with Gasteiger partial charge in [-0.25, -0.2) is 8.42 Å². The first kappa shape index (κ1) is 20.4. The molecule has 0 saturated heterocycles. The number of rotatable bonds is 5. The van der Waals surface area contributed by atoms with Gasteiger partial charge in [0.15, 0.2) is 5.75 Å². The Morgan fingerprint density at radius 2 is 1.69 bits per heavy atom. The summed E-state index contributed by atoms with van der Waals surface area (Å²) in [6.45, 7) is -0.382. The topological polar surface area (TPSA) is 75.7 Å². The maximum absolute atomic E-state index is 13.1. The van der Waals surface area contributed by atoms with Crippen molar-refractivity contribution in [2.24, 2.45) is 0 Å². The Labute approximate surface area is 190 Å². The summed E-state index contributed by atoms with van der Waals surface area (Å²) in [7, 11) is -3.84. The molecule has 0 aromatic heterocycles. The highest BCUT2D eigenvalue weighted by molar-refractivity contribution is 7.93. The molecule has 0 unspecified atom stereocenters. The molecule has 160 valence electrons. The molecule has 6 nitrogen and oxygen atoms in total. The number of anilines is 2. The Hall–Kier alpha value is -3.55. The lowest BCUT2D eigenvalue weighted by Crippen LogP contribution is -2.35. The fourth-order valence-corrected chi connectivity index (χ4v) is 5.59. The van der Waals surface area contributed by atoms with Crippen molar-refractivity contribution in [1.82, 2.24) is 0 Å². The Bertz CT molecular complexity index is 1450. The van der Waals surface area contributed by atoms with Gasteiger partial charge in [0.1, 0.15) is 12.3 Å². The zero-order chi connectivity index (χ0) is 22.3. The van der Waals surface area contributed by atoms with Crippen molar-refractivity contribution in [1.29, 1.82) is 0 Å². The van der Waals surface area contributed by atoms with Gasteiger partial charge in [-0.2, -0.15) is 0 Å². The van der Waals surface area contributed by atoms with E-state index >= 15 is 0 Å². The van der Waals surface area contributed by atoms with Crippen molar-refractivity contribution in [2.75, 3.05) is 16.2 Å². The molecule has 0 spiro atoms. The van der Waals surface area contributed by atoms with Crippen LogP contribution in [0.25, 0.3) is 10.8 Å². The summed E-state index contributed by atoms with van der Waals surface area (Å²) in [5.74, 6) is 0.469. The molecule has 8 heteroatoms. The number of nitrogens with zero attached hydrogens (tertiary/aromatic N) is 1. The van der Waals surface area contributed by atoms with E-state index in [1.165, 1.54) is 0 Å². The second kappa shape index (κ2) is 7.85. The molecule has 32 heavy (non-hydrogen) atoms. The maximum atomic E-state index is 13.1. The molecule has 0 bridgehead atoms. The summed E-state index contributed by atoms with van der Waals surface area (Å²) in [5.41, 5.74) is 0.832. The first-order valence-corrected chi connectivity index (χ1v) is 11.6. The molecule has 1 aliphatic rings. The lowest BCUT2D eigenvalue weighted by molar-refractivity contribution is -0.114. The molecule has 4 aromatic rings. The zero-order valence-corrected chi connectivity index (χ0v) is 18.2. The molecule has 0 saturated carbocycles. The minimum Gasteiger partial charge on any atom is -0.455 e. The standard InChI is InChI=1S/C24H17ClN2O4S/c25-17-12-13-21(31-18-8-2-1-3-9-18)19(14-17)26-23(28)15-27-20-10-4-6-16-7-5-11-22(24(16)20)32(27,29)30/h1-14H,15H2,(H,26,28). The van der Waals surface area contributed by atoms with Crippen LogP contribution in [0, 0.1) is 0 Å². The number of hydrogen-bond acceptors (Lipinski definition) is 4. The third kappa shape index (κ3) is 3.55. The Kier molecular flexibility index (Phi) is 5.00. The summed E-state index contributed by atoms with van der Waals surface area (Å²) < 4.78 is 33.2. The van der Waals surface area contributed by atoms with Crippen LogP contribution < -0.4 is 14.4 Å². The molecule has 4 aromatic carbocycles. The SMILES string of the molecule is O=C(CN1c2cccc3cccc(c23)S1(=O)=O)Nc1cc(Cl)ccc1Oc1ccccc1. The molecule has 0 aliphatic carbocycles. The highest BCUT2D eigenvalue weighted by Gasteiger charge is 2.36. The van der Waals surface area contributed by atoms with Crippen molar-refractivity contribution in [2.45, 2.75) is 4.90 Å². The zero-order valence-electron chi connectivity index (χ0n) is 16.7. The van der Waals surface area contributed by atoms with Crippen LogP contribution in [-0.4, -0.2) is 20.9 Å². The van der Waals surface area contributed by atoms with Crippen molar-refractivity contribution >= 4 is 49.7 Å². The largest absolute Gasteiger partial charge is 0.455 e. The molecular formula is C24H17ClN2O4S. The first-order valence-electron chi connectivity index (χ1n) is 9.80. The highest BCUT2D eigenvalue weighted by Crippen LogP contribution is 2.42. The molecule has 0 fully saturated rings. The van der Waals surface area contributed by atoms with Crippen LogP contribution in [-0.2, 0) is 14.8 Å². The van der Waals surface area contributed by atoms with Gasteiger partial charge in [0.2, 0.25) is 5.91 Å². The quantitative estimate of drug-likeness (QED) is 0.427. The fraction of sp³-hybridized carbons (Fsp3) is 0.0417. The van der Waals surface area contributed by atoms with E-state index in [2.05, 4.69) is 5.32 Å². The van der Waals surface area contributed by atoms with Crippen molar-refractivity contribution in [3.63, 3.8) is 0 Å². The fourth-order valence-electron chi connectivity index (χ4n) is 3.75. The normalized spacial score (nSPS) is 13.8. The molecular weight excluding hydrogens is 448 g/mol. The van der Waals surface area contributed by atoms with Gasteiger partial charge in [-0.3, -0.25) is 9.10 Å². The molecule has 1 aliphatic heterocycles. The summed E-state index contributed by atoms with van der Waals surface area (Å²) >= 11 is 6.12. The van der Waals surface area contributed by atoms with E-state index in [-0.39, 0.29) is 11.4 Å². The van der Waals surface area contributed by atoms with Gasteiger partial charge in [0.05, 0.1) is 16.3 Å². The number of benzene rings is 4. The summed E-state index contributed by atoms with van der Waals surface area (Å²) in [5, 5.41) is 4.58. The predicted octanol–water partition coefficient (Wildman–Crippen LogP) is 5.43. The Morgan fingerprint density at radius 3 is 2.47 bits per heavy atom. The number of nitrogens with one attached hydrogen (secondary N) is 1. The smallest absolute Gasteiger partial charge is 0.265 e. The molecule has 1 N–H and O–H groups in total. The predicted molar refractivity (Wildman–Crippen MR) is 125 cm³/mol. The summed E-state index contributed by atoms with van der Waals surface area (Å²) in [4.78, 5) is 13.1. The number of carbonyl (C=O) groups is 1. The van der Waals surface area contributed by atoms with E-state index in [9.17, 15) is 13.2 Å². The van der Waals surface area contributed by atoms with Crippen LogP contribution in [0.4, 0.5) is 11.4 Å². The van der Waals surface area contributed by atoms with Crippen molar-refractivity contribution < 1.29 is 17.9 Å². The molecule has 0 atom stereocenters. The van der Waals surface area contributed by atoms with Crippen LogP contribution in [0.15, 0.2) is 89.8 Å². The number of para-hydroxylation sites is 1. The third-order valence-corrected chi connectivity index (χ3v) is 7.19. The number of ether oxygens (including phenoxy) is 1. The summed E-state index contributed by atoms with van der Waals surface area (Å²) in [6, 6.07) is 24.4. The number of amides is 1. The van der Waals surface area contributed by atoms with Gasteiger partial charge in [-0.1, -0.05) is 54.1 Å². The summed E-state index contributed by atoms with van der Waals surface area (Å²) in [6.07, 6.45) is 0. The molecule has 1 heterocycles. The third-order valence-electron chi connectivity index (χ3n) is 5.16. The lowest BCUT2D eigenvalue weighted by atomic mass is 10.1. The Morgan fingerprint density at radius 1 is 0.938 bits per heavy atom. The van der Waals surface area contributed by atoms with Crippen molar-refractivity contribution in [3.05, 3.63) is 90.0 Å². The number of halogens is 1. The monoisotopic (exact) mass is 464 g/mol. The lowest BCUT2D eigenvalue weighted by Gasteiger charge is -2.19. The highest BCUT2D eigenvalue weighted by atomic mass is 35.5. The molecule has 1 amide bonds. The second-order valence-electron chi connectivity index (χ2n) is 7.25. The van der Waals surface area contributed by atoms with E-state index in [0.29, 0.717) is 33.3 Å². The average Bonchev–Trinajstić information content (AvgIpc) is 3.00. The first-order chi connectivity index (χ1) is 15.4. The van der Waals surface area contributed by atoms with Crippen LogP contribution in [0.2, 0.25) is 5.02 Å². The van der Waals surface area contributed by atoms with Gasteiger partial charge in [-0.05, 0) is 47.9 Å². The Balaban J connectivity index is 1.43. The minimum absolute atomic E-state index is 0.203. The van der Waals surface area contributed by atoms with Crippen LogP contribution >= 0.6 is 11.6 Å². The van der Waals surface area contributed by atoms with Crippen LogP contribution in [0.1, 0.15) is 0 Å². The van der Waals surface area contributed by atoms with Gasteiger partial charge in [-0.15, -0.1) is 0 Å². The van der Waals surface area contributed by atoms with Gasteiger partial charge < -0.3 is 10.1 Å². The number of hydrogen-bond donors (Lipinski definition) is 1. The van der Waals surface area contributed by atoms with Gasteiger partial charge >= 0.3 is 0 Å². The van der Waals surface area contributed by atoms with Crippen LogP contribution in [0.5, 0.6) is 11.5 Å². The van der Waals surface area contributed by atoms with E-state index < -0.39 is 15.9 Å². The average molecular weight is 465 g/mol. The van der Waals surface area contributed by atoms with Crippen LogP contribution in [0.3, 0.4) is 0 Å². The van der Waals surface area contributed by atoms with Gasteiger partial charge in [0, 0.05) is 10.4 Å². The van der Waals surface area contributed by atoms with E-state index in [4.69, 9.17) is 16.3 Å². The maximum Gasteiger partial charge on any atom is 0.265 e. The molecule has 0 radical (unpaired) electrons. The molecule has 5 rings (SSSR count). The second-order valence-corrected chi connectivity index (χ2v) is 9.51. The van der Waals surface area contributed by atoms with Gasteiger partial charge in [0.25, 0.3) is 10.0 Å². The minimum atomic E-state index is -3.84. The van der Waals surface area contributed by atoms with E-state index in [1.54, 1.807) is 54.6 Å². The van der Waals surface area contributed by atoms with E-state index in [0.717, 1.165) is 9.69 Å². The number of sulfonamides is 1. The number of carbonyl (C=O) groups excluding carboxylic acids is 1. The van der Waals surface area contributed by atoms with E-state index in [1.807, 2.05) is 30.3 Å². The van der Waals surface area contributed by atoms with Crippen molar-refractivity contribution in [3.8, 4) is 11.5 Å².